The molecule has 1 atom stereocenters. The molecule has 1 aromatic carbocycles. The van der Waals surface area contributed by atoms with Gasteiger partial charge in [0.05, 0.1) is 11.8 Å². The minimum Gasteiger partial charge on any atom is -0.197 e. The Hall–Kier alpha value is -2.21. The zero-order chi connectivity index (χ0) is 11.4. The van der Waals surface area contributed by atoms with Crippen molar-refractivity contribution < 1.29 is 0 Å². The van der Waals surface area contributed by atoms with Gasteiger partial charge in [-0.15, -0.1) is 0 Å². The molecule has 0 saturated heterocycles. The summed E-state index contributed by atoms with van der Waals surface area (Å²) in [5.74, 6) is -0.339. The van der Waals surface area contributed by atoms with Crippen molar-refractivity contribution in [1.29, 1.82) is 5.26 Å². The third kappa shape index (κ3) is 2.06. The summed E-state index contributed by atoms with van der Waals surface area (Å²) in [6.07, 6.45) is 1.61. The highest BCUT2D eigenvalue weighted by Gasteiger charge is 2.14. The summed E-state index contributed by atoms with van der Waals surface area (Å²) in [6.45, 7) is 2.01. The van der Waals surface area contributed by atoms with Gasteiger partial charge in [-0.05, 0) is 24.6 Å². The lowest BCUT2D eigenvalue weighted by Gasteiger charge is -2.08. The van der Waals surface area contributed by atoms with Crippen molar-refractivity contribution in [3.63, 3.8) is 0 Å². The molecule has 16 heavy (non-hydrogen) atoms. The van der Waals surface area contributed by atoms with E-state index < -0.39 is 0 Å². The highest BCUT2D eigenvalue weighted by Crippen LogP contribution is 2.22. The van der Waals surface area contributed by atoms with Crippen molar-refractivity contribution in [3.05, 3.63) is 59.4 Å². The Balaban J connectivity index is 2.42. The van der Waals surface area contributed by atoms with Crippen LogP contribution in [0.5, 0.6) is 0 Å². The number of rotatable bonds is 2. The maximum atomic E-state index is 9.21. The summed E-state index contributed by atoms with van der Waals surface area (Å²) in [5.41, 5.74) is 2.79. The quantitative estimate of drug-likeness (QED) is 0.763. The first-order chi connectivity index (χ1) is 7.81. The zero-order valence-corrected chi connectivity index (χ0v) is 8.96. The van der Waals surface area contributed by atoms with Crippen LogP contribution < -0.4 is 0 Å². The molecule has 78 valence electrons. The van der Waals surface area contributed by atoms with Crippen LogP contribution in [0.2, 0.25) is 0 Å². The highest BCUT2D eigenvalue weighted by molar-refractivity contribution is 5.35. The van der Waals surface area contributed by atoms with Gasteiger partial charge in [-0.2, -0.15) is 15.5 Å². The molecule has 2 aromatic rings. The number of aryl methyl sites for hydroxylation is 1. The minimum atomic E-state index is -0.339. The molecule has 0 aliphatic rings. The van der Waals surface area contributed by atoms with Crippen LogP contribution in [0.15, 0.2) is 42.6 Å². The third-order valence-electron chi connectivity index (χ3n) is 2.39. The van der Waals surface area contributed by atoms with Crippen molar-refractivity contribution in [1.82, 2.24) is 10.2 Å². The van der Waals surface area contributed by atoms with Crippen molar-refractivity contribution >= 4 is 0 Å². The molecular weight excluding hydrogens is 198 g/mol. The molecule has 3 nitrogen and oxygen atoms in total. The van der Waals surface area contributed by atoms with Crippen LogP contribution in [0.1, 0.15) is 22.7 Å². The summed E-state index contributed by atoms with van der Waals surface area (Å²) in [4.78, 5) is 0. The SMILES string of the molecule is Cc1cccc(C(C#N)c2cccnn2)c1. The lowest BCUT2D eigenvalue weighted by Crippen LogP contribution is -2.02. The Morgan fingerprint density at radius 3 is 2.75 bits per heavy atom. The number of nitrogens with zero attached hydrogens (tertiary/aromatic N) is 3. The van der Waals surface area contributed by atoms with Crippen LogP contribution >= 0.6 is 0 Å². The Bertz CT molecular complexity index is 514. The third-order valence-corrected chi connectivity index (χ3v) is 2.39. The first-order valence-corrected chi connectivity index (χ1v) is 5.05. The maximum absolute atomic E-state index is 9.21. The van der Waals surface area contributed by atoms with E-state index in [4.69, 9.17) is 0 Å². The maximum Gasteiger partial charge on any atom is 0.115 e. The molecule has 0 aliphatic carbocycles. The normalized spacial score (nSPS) is 11.8. The second-order valence-electron chi connectivity index (χ2n) is 3.62. The lowest BCUT2D eigenvalue weighted by atomic mass is 9.96. The lowest BCUT2D eigenvalue weighted by molar-refractivity contribution is 0.883. The molecule has 0 radical (unpaired) electrons. The van der Waals surface area contributed by atoms with Crippen molar-refractivity contribution in [2.45, 2.75) is 12.8 Å². The second kappa shape index (κ2) is 4.54. The van der Waals surface area contributed by atoms with E-state index in [9.17, 15) is 5.26 Å². The molecule has 0 bridgehead atoms. The summed E-state index contributed by atoms with van der Waals surface area (Å²) < 4.78 is 0. The van der Waals surface area contributed by atoms with E-state index in [1.54, 1.807) is 12.3 Å². The van der Waals surface area contributed by atoms with Crippen LogP contribution in [0.4, 0.5) is 0 Å². The van der Waals surface area contributed by atoms with Gasteiger partial charge in [-0.1, -0.05) is 29.8 Å². The first-order valence-electron chi connectivity index (χ1n) is 5.05. The van der Waals surface area contributed by atoms with E-state index >= 15 is 0 Å². The van der Waals surface area contributed by atoms with E-state index in [0.717, 1.165) is 11.1 Å². The van der Waals surface area contributed by atoms with Crippen LogP contribution in [-0.2, 0) is 0 Å². The molecular formula is C13H11N3. The molecule has 0 amide bonds. The van der Waals surface area contributed by atoms with Crippen LogP contribution in [-0.4, -0.2) is 10.2 Å². The summed E-state index contributed by atoms with van der Waals surface area (Å²) in [7, 11) is 0. The summed E-state index contributed by atoms with van der Waals surface area (Å²) in [6, 6.07) is 13.8. The summed E-state index contributed by atoms with van der Waals surface area (Å²) in [5, 5.41) is 17.0. The number of hydrogen-bond donors (Lipinski definition) is 0. The topological polar surface area (TPSA) is 49.6 Å². The second-order valence-corrected chi connectivity index (χ2v) is 3.62. The number of hydrogen-bond acceptors (Lipinski definition) is 3. The highest BCUT2D eigenvalue weighted by atomic mass is 15.1. The Morgan fingerprint density at radius 1 is 1.25 bits per heavy atom. The molecule has 0 aliphatic heterocycles. The van der Waals surface area contributed by atoms with Gasteiger partial charge >= 0.3 is 0 Å². The van der Waals surface area contributed by atoms with Gasteiger partial charge in [0, 0.05) is 6.20 Å². The first kappa shape index (κ1) is 10.3. The molecule has 3 heteroatoms. The summed E-state index contributed by atoms with van der Waals surface area (Å²) >= 11 is 0. The van der Waals surface area contributed by atoms with Gasteiger partial charge in [0.1, 0.15) is 5.92 Å². The smallest absolute Gasteiger partial charge is 0.115 e. The molecule has 0 spiro atoms. The monoisotopic (exact) mass is 209 g/mol. The largest absolute Gasteiger partial charge is 0.197 e. The molecule has 0 N–H and O–H groups in total. The molecule has 1 aromatic heterocycles. The predicted molar refractivity (Wildman–Crippen MR) is 60.7 cm³/mol. The van der Waals surface area contributed by atoms with Gasteiger partial charge in [-0.3, -0.25) is 0 Å². The van der Waals surface area contributed by atoms with E-state index in [-0.39, 0.29) is 5.92 Å². The molecule has 0 saturated carbocycles. The van der Waals surface area contributed by atoms with Gasteiger partial charge < -0.3 is 0 Å². The van der Waals surface area contributed by atoms with Crippen molar-refractivity contribution in [2.75, 3.05) is 0 Å². The zero-order valence-electron chi connectivity index (χ0n) is 8.96. The van der Waals surface area contributed by atoms with E-state index in [0.29, 0.717) is 5.69 Å². The Kier molecular flexibility index (Phi) is 2.93. The molecule has 0 fully saturated rings. The molecule has 2 rings (SSSR count). The van der Waals surface area contributed by atoms with Gasteiger partial charge in [-0.25, -0.2) is 0 Å². The van der Waals surface area contributed by atoms with Crippen LogP contribution in [0.3, 0.4) is 0 Å². The average Bonchev–Trinajstić information content (AvgIpc) is 2.31. The average molecular weight is 209 g/mol. The number of nitriles is 1. The van der Waals surface area contributed by atoms with Gasteiger partial charge in [0.2, 0.25) is 0 Å². The molecule has 1 heterocycles. The number of aromatic nitrogens is 2. The Labute approximate surface area is 94.4 Å². The van der Waals surface area contributed by atoms with E-state index in [1.165, 1.54) is 0 Å². The minimum absolute atomic E-state index is 0.339. The van der Waals surface area contributed by atoms with E-state index in [1.807, 2.05) is 37.3 Å². The number of benzene rings is 1. The molecule has 1 unspecified atom stereocenters. The van der Waals surface area contributed by atoms with Crippen LogP contribution in [0, 0.1) is 18.3 Å². The van der Waals surface area contributed by atoms with Gasteiger partial charge in [0.15, 0.2) is 0 Å². The fraction of sp³-hybridized carbons (Fsp3) is 0.154. The fourth-order valence-electron chi connectivity index (χ4n) is 1.63. The van der Waals surface area contributed by atoms with Crippen molar-refractivity contribution in [3.8, 4) is 6.07 Å². The Morgan fingerprint density at radius 2 is 2.12 bits per heavy atom. The van der Waals surface area contributed by atoms with Crippen LogP contribution in [0.25, 0.3) is 0 Å². The van der Waals surface area contributed by atoms with Crippen molar-refractivity contribution in [2.24, 2.45) is 0 Å². The fourth-order valence-corrected chi connectivity index (χ4v) is 1.63. The van der Waals surface area contributed by atoms with E-state index in [2.05, 4.69) is 16.3 Å². The standard InChI is InChI=1S/C13H11N3/c1-10-4-2-5-11(8-10)12(9-14)13-6-3-7-15-16-13/h2-8,12H,1H3. The van der Waals surface area contributed by atoms with Gasteiger partial charge in [0.25, 0.3) is 0 Å². The predicted octanol–water partition coefficient (Wildman–Crippen LogP) is 2.44.